The molecule has 0 unspecified atom stereocenters. The fraction of sp³-hybridized carbons (Fsp3) is 0.0588. The van der Waals surface area contributed by atoms with Gasteiger partial charge in [-0.05, 0) is 42.5 Å². The Balaban J connectivity index is 1.75. The lowest BCUT2D eigenvalue weighted by atomic mass is 10.2. The predicted octanol–water partition coefficient (Wildman–Crippen LogP) is 6.52. The molecule has 1 aromatic heterocycles. The average Bonchev–Trinajstić information content (AvgIpc) is 2.97. The molecule has 22 heavy (non-hydrogen) atoms. The fourth-order valence-electron chi connectivity index (χ4n) is 2.09. The van der Waals surface area contributed by atoms with Crippen LogP contribution in [0.1, 0.15) is 5.76 Å². The third-order valence-corrected chi connectivity index (χ3v) is 4.08. The number of halogens is 3. The van der Waals surface area contributed by atoms with Crippen molar-refractivity contribution in [3.05, 3.63) is 75.4 Å². The summed E-state index contributed by atoms with van der Waals surface area (Å²) in [5.74, 6) is 1.52. The average molecular weight is 353 g/mol. The molecule has 0 bridgehead atoms. The van der Waals surface area contributed by atoms with Gasteiger partial charge in [-0.1, -0.05) is 46.9 Å². The van der Waals surface area contributed by atoms with Crippen LogP contribution in [-0.4, -0.2) is 0 Å². The monoisotopic (exact) mass is 351 g/mol. The SMILES string of the molecule is Clc1ccc(Cl)c(NCc2ccc(-c3ccccc3Cl)o2)c1. The molecule has 0 fully saturated rings. The van der Waals surface area contributed by atoms with Crippen LogP contribution in [0.15, 0.2) is 59.0 Å². The first kappa shape index (κ1) is 15.3. The van der Waals surface area contributed by atoms with E-state index >= 15 is 0 Å². The number of hydrogen-bond acceptors (Lipinski definition) is 2. The number of benzene rings is 2. The molecule has 0 saturated carbocycles. The normalized spacial score (nSPS) is 10.7. The summed E-state index contributed by atoms with van der Waals surface area (Å²) in [6.07, 6.45) is 0. The highest BCUT2D eigenvalue weighted by Crippen LogP contribution is 2.30. The first-order chi connectivity index (χ1) is 10.6. The van der Waals surface area contributed by atoms with Gasteiger partial charge in [-0.25, -0.2) is 0 Å². The van der Waals surface area contributed by atoms with Crippen molar-refractivity contribution in [2.24, 2.45) is 0 Å². The molecular weight excluding hydrogens is 341 g/mol. The summed E-state index contributed by atoms with van der Waals surface area (Å²) in [4.78, 5) is 0. The number of anilines is 1. The van der Waals surface area contributed by atoms with Gasteiger partial charge in [0.2, 0.25) is 0 Å². The zero-order valence-corrected chi connectivity index (χ0v) is 13.7. The second-order valence-electron chi connectivity index (χ2n) is 4.72. The minimum Gasteiger partial charge on any atom is -0.459 e. The van der Waals surface area contributed by atoms with Crippen molar-refractivity contribution >= 4 is 40.5 Å². The molecule has 0 spiro atoms. The zero-order chi connectivity index (χ0) is 15.5. The minimum atomic E-state index is 0.504. The van der Waals surface area contributed by atoms with Crippen LogP contribution in [0.2, 0.25) is 15.1 Å². The number of hydrogen-bond donors (Lipinski definition) is 1. The first-order valence-corrected chi connectivity index (χ1v) is 7.79. The Kier molecular flexibility index (Phi) is 4.63. The maximum absolute atomic E-state index is 6.17. The Morgan fingerprint density at radius 1 is 0.864 bits per heavy atom. The highest BCUT2D eigenvalue weighted by Gasteiger charge is 2.08. The van der Waals surface area contributed by atoms with E-state index in [1.165, 1.54) is 0 Å². The van der Waals surface area contributed by atoms with E-state index in [2.05, 4.69) is 5.32 Å². The minimum absolute atomic E-state index is 0.504. The Labute approximate surface area is 143 Å². The quantitative estimate of drug-likeness (QED) is 0.578. The first-order valence-electron chi connectivity index (χ1n) is 6.66. The zero-order valence-electron chi connectivity index (χ0n) is 11.4. The van der Waals surface area contributed by atoms with Crippen LogP contribution in [0.4, 0.5) is 5.69 Å². The van der Waals surface area contributed by atoms with Crippen molar-refractivity contribution in [1.82, 2.24) is 0 Å². The van der Waals surface area contributed by atoms with Crippen molar-refractivity contribution < 1.29 is 4.42 Å². The summed E-state index contributed by atoms with van der Waals surface area (Å²) >= 11 is 18.2. The van der Waals surface area contributed by atoms with Gasteiger partial charge in [0.25, 0.3) is 0 Å². The smallest absolute Gasteiger partial charge is 0.135 e. The molecule has 3 rings (SSSR count). The Bertz CT molecular complexity index is 798. The van der Waals surface area contributed by atoms with Crippen molar-refractivity contribution in [2.45, 2.75) is 6.54 Å². The lowest BCUT2D eigenvalue weighted by molar-refractivity contribution is 0.531. The molecular formula is C17H12Cl3NO. The second-order valence-corrected chi connectivity index (χ2v) is 5.97. The summed E-state index contributed by atoms with van der Waals surface area (Å²) in [5, 5.41) is 5.11. The van der Waals surface area contributed by atoms with E-state index in [0.717, 1.165) is 22.8 Å². The Morgan fingerprint density at radius 3 is 2.50 bits per heavy atom. The van der Waals surface area contributed by atoms with E-state index in [9.17, 15) is 0 Å². The van der Waals surface area contributed by atoms with Gasteiger partial charge in [-0.3, -0.25) is 0 Å². The van der Waals surface area contributed by atoms with Crippen molar-refractivity contribution in [1.29, 1.82) is 0 Å². The number of nitrogens with one attached hydrogen (secondary N) is 1. The van der Waals surface area contributed by atoms with Crippen LogP contribution in [-0.2, 0) is 6.54 Å². The van der Waals surface area contributed by atoms with Gasteiger partial charge in [-0.15, -0.1) is 0 Å². The van der Waals surface area contributed by atoms with Crippen LogP contribution >= 0.6 is 34.8 Å². The number of furan rings is 1. The second kappa shape index (κ2) is 6.66. The predicted molar refractivity (Wildman–Crippen MR) is 92.9 cm³/mol. The summed E-state index contributed by atoms with van der Waals surface area (Å²) in [6.45, 7) is 0.504. The molecule has 0 saturated heterocycles. The largest absolute Gasteiger partial charge is 0.459 e. The van der Waals surface area contributed by atoms with Gasteiger partial charge in [-0.2, -0.15) is 0 Å². The van der Waals surface area contributed by atoms with Gasteiger partial charge in [0, 0.05) is 10.6 Å². The molecule has 112 valence electrons. The Morgan fingerprint density at radius 2 is 1.68 bits per heavy atom. The molecule has 1 heterocycles. The van der Waals surface area contributed by atoms with Crippen LogP contribution < -0.4 is 5.32 Å². The van der Waals surface area contributed by atoms with E-state index < -0.39 is 0 Å². The van der Waals surface area contributed by atoms with Gasteiger partial charge in [0.05, 0.1) is 22.3 Å². The maximum Gasteiger partial charge on any atom is 0.135 e. The lowest BCUT2D eigenvalue weighted by Gasteiger charge is -2.07. The molecule has 0 aliphatic heterocycles. The van der Waals surface area contributed by atoms with Crippen LogP contribution in [0.5, 0.6) is 0 Å². The van der Waals surface area contributed by atoms with Gasteiger partial charge < -0.3 is 9.73 Å². The van der Waals surface area contributed by atoms with Gasteiger partial charge in [0.1, 0.15) is 11.5 Å². The Hall–Kier alpha value is -1.61. The van der Waals surface area contributed by atoms with Gasteiger partial charge >= 0.3 is 0 Å². The maximum atomic E-state index is 6.17. The van der Waals surface area contributed by atoms with E-state index in [1.54, 1.807) is 18.2 Å². The molecule has 2 aromatic carbocycles. The third kappa shape index (κ3) is 3.41. The molecule has 5 heteroatoms. The highest BCUT2D eigenvalue weighted by molar-refractivity contribution is 6.35. The molecule has 2 nitrogen and oxygen atoms in total. The van der Waals surface area contributed by atoms with Crippen LogP contribution in [0, 0.1) is 0 Å². The van der Waals surface area contributed by atoms with Crippen molar-refractivity contribution in [2.75, 3.05) is 5.32 Å². The summed E-state index contributed by atoms with van der Waals surface area (Å²) in [6, 6.07) is 16.7. The molecule has 0 aliphatic rings. The van der Waals surface area contributed by atoms with Crippen LogP contribution in [0.25, 0.3) is 11.3 Å². The third-order valence-electron chi connectivity index (χ3n) is 3.18. The van der Waals surface area contributed by atoms with Crippen molar-refractivity contribution in [3.8, 4) is 11.3 Å². The van der Waals surface area contributed by atoms with E-state index in [4.69, 9.17) is 39.2 Å². The lowest BCUT2D eigenvalue weighted by Crippen LogP contribution is -1.98. The summed E-state index contributed by atoms with van der Waals surface area (Å²) in [7, 11) is 0. The molecule has 1 N–H and O–H groups in total. The van der Waals surface area contributed by atoms with Crippen molar-refractivity contribution in [3.63, 3.8) is 0 Å². The molecule has 0 aliphatic carbocycles. The van der Waals surface area contributed by atoms with Gasteiger partial charge in [0.15, 0.2) is 0 Å². The van der Waals surface area contributed by atoms with E-state index in [0.29, 0.717) is 21.6 Å². The van der Waals surface area contributed by atoms with E-state index in [-0.39, 0.29) is 0 Å². The summed E-state index contributed by atoms with van der Waals surface area (Å²) in [5.41, 5.74) is 1.64. The highest BCUT2D eigenvalue weighted by atomic mass is 35.5. The molecule has 0 radical (unpaired) electrons. The van der Waals surface area contributed by atoms with Crippen LogP contribution in [0.3, 0.4) is 0 Å². The fourth-order valence-corrected chi connectivity index (χ4v) is 2.68. The molecule has 0 atom stereocenters. The molecule has 0 amide bonds. The standard InChI is InChI=1S/C17H12Cl3NO/c18-11-5-7-15(20)16(9-11)21-10-12-6-8-17(22-12)13-3-1-2-4-14(13)19/h1-9,21H,10H2. The number of rotatable bonds is 4. The molecule has 3 aromatic rings. The topological polar surface area (TPSA) is 25.2 Å². The van der Waals surface area contributed by atoms with E-state index in [1.807, 2.05) is 36.4 Å². The summed E-state index contributed by atoms with van der Waals surface area (Å²) < 4.78 is 5.82.